The summed E-state index contributed by atoms with van der Waals surface area (Å²) >= 11 is 0. The molecular weight excluding hydrogens is 434 g/mol. The Balaban J connectivity index is 1.05. The van der Waals surface area contributed by atoms with Gasteiger partial charge in [0.1, 0.15) is 0 Å². The highest BCUT2D eigenvalue weighted by Gasteiger charge is 2.62. The Labute approximate surface area is 187 Å². The molecule has 6 rings (SSSR count). The molecule has 0 aromatic carbocycles. The number of hydrogen-bond acceptors (Lipinski definition) is 8. The van der Waals surface area contributed by atoms with E-state index in [1.54, 1.807) is 0 Å². The van der Waals surface area contributed by atoms with Crippen LogP contribution in [0.15, 0.2) is 24.3 Å². The molecule has 2 saturated carbocycles. The second-order valence-corrected chi connectivity index (χ2v) is 9.50. The highest BCUT2D eigenvalue weighted by Crippen LogP contribution is 2.53. The number of esters is 1. The monoisotopic (exact) mass is 455 g/mol. The molecule has 0 spiro atoms. The van der Waals surface area contributed by atoms with E-state index < -0.39 is 66.0 Å². The van der Waals surface area contributed by atoms with Crippen molar-refractivity contribution in [3.8, 4) is 0 Å². The topological polar surface area (TPSA) is 131 Å². The molecule has 2 saturated heterocycles. The molecule has 0 aromatic heterocycles. The standard InChI is InChI=1S/C22H21N3O8/c1-23(24-18(27)14-9-2-3-10(6-9)15(14)19(24)28)22(31)33-13(26)8-32-25-20(29)16-11-4-5-12(7-11)17(16)21(25)30/h2-5,9-12,14-17H,6-8H2,1H3. The zero-order valence-electron chi connectivity index (χ0n) is 17.7. The molecule has 2 heterocycles. The van der Waals surface area contributed by atoms with E-state index in [0.29, 0.717) is 10.1 Å². The molecule has 11 heteroatoms. The number of carbonyl (C=O) groups excluding carboxylic acids is 6. The van der Waals surface area contributed by atoms with Crippen LogP contribution < -0.4 is 0 Å². The second kappa shape index (κ2) is 6.83. The summed E-state index contributed by atoms with van der Waals surface area (Å²) in [4.78, 5) is 80.3. The third kappa shape index (κ3) is 2.65. The van der Waals surface area contributed by atoms with Crippen molar-refractivity contribution in [2.24, 2.45) is 47.3 Å². The minimum atomic E-state index is -1.23. The highest BCUT2D eigenvalue weighted by molar-refractivity contribution is 6.07. The highest BCUT2D eigenvalue weighted by atomic mass is 16.7. The molecule has 5 amide bonds. The van der Waals surface area contributed by atoms with Crippen molar-refractivity contribution in [3.63, 3.8) is 0 Å². The van der Waals surface area contributed by atoms with E-state index in [9.17, 15) is 28.8 Å². The molecule has 4 fully saturated rings. The Morgan fingerprint density at radius 2 is 1.24 bits per heavy atom. The molecule has 4 bridgehead atoms. The summed E-state index contributed by atoms with van der Waals surface area (Å²) in [5.74, 6) is -5.17. The van der Waals surface area contributed by atoms with Crippen molar-refractivity contribution in [1.29, 1.82) is 0 Å². The van der Waals surface area contributed by atoms with Crippen molar-refractivity contribution in [1.82, 2.24) is 15.1 Å². The minimum absolute atomic E-state index is 0.00676. The molecule has 6 aliphatic rings. The van der Waals surface area contributed by atoms with Gasteiger partial charge < -0.3 is 4.74 Å². The number of allylic oxidation sites excluding steroid dienone is 4. The summed E-state index contributed by atoms with van der Waals surface area (Å²) in [6, 6.07) is 0. The van der Waals surface area contributed by atoms with Gasteiger partial charge in [-0.2, -0.15) is 10.1 Å². The van der Waals surface area contributed by atoms with Gasteiger partial charge in [0, 0.05) is 7.05 Å². The molecule has 11 nitrogen and oxygen atoms in total. The average Bonchev–Trinajstić information content (AvgIpc) is 3.60. The van der Waals surface area contributed by atoms with Crippen molar-refractivity contribution < 1.29 is 38.3 Å². The van der Waals surface area contributed by atoms with Gasteiger partial charge in [0.05, 0.1) is 23.7 Å². The van der Waals surface area contributed by atoms with E-state index in [4.69, 9.17) is 9.57 Å². The largest absolute Gasteiger partial charge is 0.436 e. The smallest absolute Gasteiger partial charge is 0.373 e. The molecule has 8 atom stereocenters. The molecule has 0 radical (unpaired) electrons. The van der Waals surface area contributed by atoms with Gasteiger partial charge in [-0.15, -0.1) is 0 Å². The van der Waals surface area contributed by atoms with Crippen LogP contribution in [0.4, 0.5) is 4.79 Å². The van der Waals surface area contributed by atoms with Crippen LogP contribution in [-0.2, 0) is 33.5 Å². The number of hydrazine groups is 1. The van der Waals surface area contributed by atoms with Crippen molar-refractivity contribution in [2.45, 2.75) is 12.8 Å². The summed E-state index contributed by atoms with van der Waals surface area (Å²) in [7, 11) is 1.17. The second-order valence-electron chi connectivity index (χ2n) is 9.50. The lowest BCUT2D eigenvalue weighted by Gasteiger charge is -2.26. The molecule has 2 aliphatic heterocycles. The molecule has 4 aliphatic carbocycles. The third-order valence-corrected chi connectivity index (χ3v) is 7.95. The summed E-state index contributed by atoms with van der Waals surface area (Å²) in [5, 5.41) is 2.00. The zero-order chi connectivity index (χ0) is 23.2. The molecule has 0 N–H and O–H groups in total. The predicted molar refractivity (Wildman–Crippen MR) is 104 cm³/mol. The van der Waals surface area contributed by atoms with Gasteiger partial charge in [-0.05, 0) is 36.5 Å². The quantitative estimate of drug-likeness (QED) is 0.251. The number of fused-ring (bicyclic) bond motifs is 10. The maximum Gasteiger partial charge on any atom is 0.436 e. The molecule has 8 unspecified atom stereocenters. The van der Waals surface area contributed by atoms with Gasteiger partial charge in [0.15, 0.2) is 6.61 Å². The number of carbonyl (C=O) groups is 6. The van der Waals surface area contributed by atoms with Gasteiger partial charge in [0.2, 0.25) is 0 Å². The third-order valence-electron chi connectivity index (χ3n) is 7.95. The Hall–Kier alpha value is -3.34. The Bertz CT molecular complexity index is 1020. The lowest BCUT2D eigenvalue weighted by molar-refractivity contribution is -0.195. The van der Waals surface area contributed by atoms with E-state index >= 15 is 0 Å². The fourth-order valence-electron chi connectivity index (χ4n) is 6.58. The van der Waals surface area contributed by atoms with Crippen LogP contribution in [0.1, 0.15) is 12.8 Å². The predicted octanol–water partition coefficient (Wildman–Crippen LogP) is 0.0422. The van der Waals surface area contributed by atoms with Gasteiger partial charge in [-0.3, -0.25) is 24.0 Å². The fraction of sp³-hybridized carbons (Fsp3) is 0.545. The van der Waals surface area contributed by atoms with Crippen molar-refractivity contribution >= 4 is 35.7 Å². The first-order chi connectivity index (χ1) is 15.8. The first-order valence-electron chi connectivity index (χ1n) is 11.0. The van der Waals surface area contributed by atoms with E-state index in [0.717, 1.165) is 17.9 Å². The van der Waals surface area contributed by atoms with Crippen LogP contribution in [0.5, 0.6) is 0 Å². The van der Waals surface area contributed by atoms with E-state index in [-0.39, 0.29) is 23.7 Å². The number of hydrogen-bond donors (Lipinski definition) is 0. The van der Waals surface area contributed by atoms with Crippen LogP contribution in [0.25, 0.3) is 0 Å². The minimum Gasteiger partial charge on any atom is -0.373 e. The van der Waals surface area contributed by atoms with Crippen LogP contribution in [0.3, 0.4) is 0 Å². The Morgan fingerprint density at radius 1 is 0.818 bits per heavy atom. The van der Waals surface area contributed by atoms with E-state index in [1.165, 1.54) is 7.05 Å². The number of imide groups is 2. The molecule has 33 heavy (non-hydrogen) atoms. The van der Waals surface area contributed by atoms with Crippen LogP contribution in [-0.4, -0.2) is 64.4 Å². The fourth-order valence-corrected chi connectivity index (χ4v) is 6.58. The number of ether oxygens (including phenoxy) is 1. The Kier molecular flexibility index (Phi) is 4.20. The number of amides is 5. The summed E-state index contributed by atoms with van der Waals surface area (Å²) in [5.41, 5.74) is 0. The Morgan fingerprint density at radius 3 is 1.70 bits per heavy atom. The van der Waals surface area contributed by atoms with Crippen molar-refractivity contribution in [2.75, 3.05) is 13.7 Å². The normalized spacial score (nSPS) is 39.2. The molecule has 0 aromatic rings. The van der Waals surface area contributed by atoms with Crippen LogP contribution >= 0.6 is 0 Å². The van der Waals surface area contributed by atoms with E-state index in [1.807, 2.05) is 24.3 Å². The number of hydroxylamine groups is 2. The lowest BCUT2D eigenvalue weighted by Crippen LogP contribution is -2.49. The van der Waals surface area contributed by atoms with Crippen LogP contribution in [0, 0.1) is 47.3 Å². The van der Waals surface area contributed by atoms with Gasteiger partial charge in [0.25, 0.3) is 23.6 Å². The SMILES string of the molecule is CN(C(=O)OC(=O)CON1C(=O)C2C3C=CC(C3)C2C1=O)N1C(=O)C2C3C=CC(C3)C2C1=O. The van der Waals surface area contributed by atoms with E-state index in [2.05, 4.69) is 0 Å². The molecular formula is C22H21N3O8. The maximum absolute atomic E-state index is 12.8. The van der Waals surface area contributed by atoms with Crippen LogP contribution in [0.2, 0.25) is 0 Å². The molecule has 172 valence electrons. The summed E-state index contributed by atoms with van der Waals surface area (Å²) < 4.78 is 4.69. The van der Waals surface area contributed by atoms with Gasteiger partial charge >= 0.3 is 12.1 Å². The maximum atomic E-state index is 12.8. The lowest BCUT2D eigenvalue weighted by atomic mass is 9.85. The first-order valence-corrected chi connectivity index (χ1v) is 11.0. The summed E-state index contributed by atoms with van der Waals surface area (Å²) in [6.45, 7) is -0.847. The van der Waals surface area contributed by atoms with Gasteiger partial charge in [-0.25, -0.2) is 14.6 Å². The average molecular weight is 455 g/mol. The number of nitrogens with zero attached hydrogens (tertiary/aromatic N) is 3. The zero-order valence-corrected chi connectivity index (χ0v) is 17.7. The van der Waals surface area contributed by atoms with Gasteiger partial charge in [-0.1, -0.05) is 24.3 Å². The number of rotatable bonds is 4. The summed E-state index contributed by atoms with van der Waals surface area (Å²) in [6.07, 6.45) is 7.99. The first kappa shape index (κ1) is 20.3. The van der Waals surface area contributed by atoms with Crippen molar-refractivity contribution in [3.05, 3.63) is 24.3 Å².